The van der Waals surface area contributed by atoms with E-state index in [1.54, 1.807) is 0 Å². The van der Waals surface area contributed by atoms with Gasteiger partial charge in [-0.15, -0.1) is 0 Å². The molecule has 6 N–H and O–H groups in total. The minimum absolute atomic E-state index is 0.101. The Morgan fingerprint density at radius 2 is 0.819 bits per heavy atom. The second-order valence-corrected chi connectivity index (χ2v) is 20.5. The van der Waals surface area contributed by atoms with Crippen LogP contribution in [-0.4, -0.2) is 98.9 Å². The smallest absolute Gasteiger partial charge is 0.457 e. The number of allylic oxidation sites excluding steroid dienone is 16. The summed E-state index contributed by atoms with van der Waals surface area (Å²) in [6.07, 6.45) is 54.7. The Labute approximate surface area is 436 Å². The summed E-state index contributed by atoms with van der Waals surface area (Å²) >= 11 is 0. The number of aliphatic hydroxyl groups excluding tert-OH is 5. The molecule has 1 fully saturated rings. The minimum atomic E-state index is -5.05. The molecule has 0 saturated heterocycles. The molecule has 13 heteroatoms. The standard InChI is InChI=1S/C59H101O12P/c1-3-5-7-9-11-13-15-17-19-21-23-25-26-27-29-31-33-35-37-39-41-43-45-47-49-68-50-52(51-69-72(66,67)71-59-57(64)55(62)54(61)56(63)58(59)65)70-53(60)48-46-44-42-40-38-36-34-32-30-28-24-22-20-18-16-14-12-10-8-6-4-2/h6,8,12,14-15,17-18,20-21,23-24,28,32,34,38,40,52,54-59,61-65H,3-5,7,9-11,13,16,19,22,25-27,29-31,33,35-37,39,41-51H2,1-2H3,(H,66,67)/b8-6-,14-12-,17-15-,20-18-,23-21-,28-24-,34-32-,40-38-. The van der Waals surface area contributed by atoms with E-state index in [-0.39, 0.29) is 13.0 Å². The molecule has 0 aromatic carbocycles. The average molecular weight is 1030 g/mol. The fourth-order valence-corrected chi connectivity index (χ4v) is 9.01. The van der Waals surface area contributed by atoms with Gasteiger partial charge >= 0.3 is 13.8 Å². The summed E-state index contributed by atoms with van der Waals surface area (Å²) in [6, 6.07) is 0. The molecule has 414 valence electrons. The predicted molar refractivity (Wildman–Crippen MR) is 294 cm³/mol. The highest BCUT2D eigenvalue weighted by Crippen LogP contribution is 2.47. The highest BCUT2D eigenvalue weighted by Gasteiger charge is 2.51. The van der Waals surface area contributed by atoms with Crippen LogP contribution in [0, 0.1) is 0 Å². The molecule has 6 unspecified atom stereocenters. The third kappa shape index (κ3) is 38.8. The fraction of sp³-hybridized carbons (Fsp3) is 0.712. The Balaban J connectivity index is 2.34. The molecule has 0 spiro atoms. The summed E-state index contributed by atoms with van der Waals surface area (Å²) in [5.41, 5.74) is 0. The van der Waals surface area contributed by atoms with Gasteiger partial charge < -0.3 is 39.9 Å². The van der Waals surface area contributed by atoms with Gasteiger partial charge in [-0.05, 0) is 96.3 Å². The van der Waals surface area contributed by atoms with Gasteiger partial charge in [0.05, 0.1) is 13.2 Å². The number of carbonyl (C=O) groups is 1. The van der Waals surface area contributed by atoms with Crippen molar-refractivity contribution in [3.05, 3.63) is 97.2 Å². The zero-order valence-corrected chi connectivity index (χ0v) is 45.6. The number of esters is 1. The molecule has 6 atom stereocenters. The van der Waals surface area contributed by atoms with Crippen molar-refractivity contribution in [2.24, 2.45) is 0 Å². The van der Waals surface area contributed by atoms with Crippen LogP contribution in [0.1, 0.15) is 206 Å². The summed E-state index contributed by atoms with van der Waals surface area (Å²) in [4.78, 5) is 23.3. The van der Waals surface area contributed by atoms with Crippen LogP contribution < -0.4 is 0 Å². The molecule has 0 radical (unpaired) electrons. The number of unbranched alkanes of at least 4 members (excludes halogenated alkanes) is 19. The first kappa shape index (κ1) is 67.3. The molecule has 1 rings (SSSR count). The normalized spacial score (nSPS) is 21.4. The number of carbonyl (C=O) groups excluding carboxylic acids is 1. The molecule has 0 aromatic heterocycles. The van der Waals surface area contributed by atoms with Crippen molar-refractivity contribution < 1.29 is 58.3 Å². The molecule has 0 bridgehead atoms. The van der Waals surface area contributed by atoms with Crippen molar-refractivity contribution in [3.8, 4) is 0 Å². The van der Waals surface area contributed by atoms with Crippen LogP contribution in [0.3, 0.4) is 0 Å². The quantitative estimate of drug-likeness (QED) is 0.0146. The third-order valence-electron chi connectivity index (χ3n) is 12.4. The fourth-order valence-electron chi connectivity index (χ4n) is 8.04. The lowest BCUT2D eigenvalue weighted by atomic mass is 9.85. The van der Waals surface area contributed by atoms with E-state index in [0.29, 0.717) is 13.0 Å². The summed E-state index contributed by atoms with van der Waals surface area (Å²) in [5.74, 6) is -0.521. The lowest BCUT2D eigenvalue weighted by molar-refractivity contribution is -0.220. The maximum absolute atomic E-state index is 12.9. The largest absolute Gasteiger partial charge is 0.472 e. The van der Waals surface area contributed by atoms with E-state index in [1.165, 1.54) is 96.3 Å². The van der Waals surface area contributed by atoms with Gasteiger partial charge in [-0.3, -0.25) is 13.8 Å². The van der Waals surface area contributed by atoms with E-state index in [4.69, 9.17) is 18.5 Å². The SMILES string of the molecule is CC/C=C\C/C=C\C/C=C\C/C=C\C/C=C\C/C=C\CCCCC(=O)OC(COCCCCCCCCCCCCCC/C=C\C/C=C\CCCCCCC)COP(=O)(O)OC1C(O)C(O)C(O)C(O)C1O. The number of phosphoric acid groups is 1. The van der Waals surface area contributed by atoms with Crippen LogP contribution in [0.25, 0.3) is 0 Å². The Morgan fingerprint density at radius 1 is 0.458 bits per heavy atom. The van der Waals surface area contributed by atoms with Crippen molar-refractivity contribution in [3.63, 3.8) is 0 Å². The van der Waals surface area contributed by atoms with Crippen LogP contribution in [-0.2, 0) is 27.9 Å². The molecule has 1 aliphatic rings. The van der Waals surface area contributed by atoms with E-state index in [0.717, 1.165) is 83.5 Å². The minimum Gasteiger partial charge on any atom is -0.457 e. The van der Waals surface area contributed by atoms with Gasteiger partial charge in [-0.2, -0.15) is 0 Å². The zero-order valence-electron chi connectivity index (χ0n) is 44.7. The van der Waals surface area contributed by atoms with Gasteiger partial charge in [-0.1, -0.05) is 201 Å². The number of aliphatic hydroxyl groups is 5. The first-order valence-electron chi connectivity index (χ1n) is 28.1. The number of phosphoric ester groups is 1. The topological polar surface area (TPSA) is 192 Å². The van der Waals surface area contributed by atoms with Crippen molar-refractivity contribution in [2.45, 2.75) is 249 Å². The first-order chi connectivity index (χ1) is 35.0. The van der Waals surface area contributed by atoms with Crippen LogP contribution in [0.15, 0.2) is 97.2 Å². The van der Waals surface area contributed by atoms with Gasteiger partial charge in [0, 0.05) is 13.0 Å². The van der Waals surface area contributed by atoms with Gasteiger partial charge in [0.15, 0.2) is 0 Å². The Morgan fingerprint density at radius 3 is 1.25 bits per heavy atom. The summed E-state index contributed by atoms with van der Waals surface area (Å²) < 4.78 is 34.3. The van der Waals surface area contributed by atoms with Crippen LogP contribution in [0.5, 0.6) is 0 Å². The molecule has 0 amide bonds. The van der Waals surface area contributed by atoms with Crippen molar-refractivity contribution in [1.82, 2.24) is 0 Å². The molecule has 1 saturated carbocycles. The molecule has 0 aromatic rings. The predicted octanol–water partition coefficient (Wildman–Crippen LogP) is 13.4. The van der Waals surface area contributed by atoms with Crippen molar-refractivity contribution in [1.29, 1.82) is 0 Å². The van der Waals surface area contributed by atoms with Crippen LogP contribution in [0.2, 0.25) is 0 Å². The molecule has 12 nitrogen and oxygen atoms in total. The zero-order chi connectivity index (χ0) is 52.6. The first-order valence-corrected chi connectivity index (χ1v) is 29.6. The Bertz CT molecular complexity index is 1550. The van der Waals surface area contributed by atoms with E-state index < -0.39 is 63.1 Å². The summed E-state index contributed by atoms with van der Waals surface area (Å²) in [6.45, 7) is 4.10. The van der Waals surface area contributed by atoms with Gasteiger partial charge in [0.2, 0.25) is 0 Å². The van der Waals surface area contributed by atoms with Gasteiger partial charge in [0.1, 0.15) is 42.7 Å². The van der Waals surface area contributed by atoms with Gasteiger partial charge in [0.25, 0.3) is 0 Å². The lowest BCUT2D eigenvalue weighted by Crippen LogP contribution is -2.64. The molecule has 1 aliphatic carbocycles. The third-order valence-corrected chi connectivity index (χ3v) is 13.4. The van der Waals surface area contributed by atoms with Crippen LogP contribution in [0.4, 0.5) is 0 Å². The maximum Gasteiger partial charge on any atom is 0.472 e. The molecular weight excluding hydrogens is 932 g/mol. The summed E-state index contributed by atoms with van der Waals surface area (Å²) in [5, 5.41) is 50.4. The molecule has 0 aliphatic heterocycles. The Hall–Kier alpha value is -2.74. The second-order valence-electron chi connectivity index (χ2n) is 19.0. The Kier molecular flexibility index (Phi) is 44.8. The summed E-state index contributed by atoms with van der Waals surface area (Å²) in [7, 11) is -5.05. The van der Waals surface area contributed by atoms with E-state index >= 15 is 0 Å². The van der Waals surface area contributed by atoms with E-state index in [1.807, 2.05) is 0 Å². The highest BCUT2D eigenvalue weighted by molar-refractivity contribution is 7.47. The number of ether oxygens (including phenoxy) is 2. The maximum atomic E-state index is 12.9. The van der Waals surface area contributed by atoms with E-state index in [9.17, 15) is 39.8 Å². The lowest BCUT2D eigenvalue weighted by Gasteiger charge is -2.41. The number of hydrogen-bond acceptors (Lipinski definition) is 11. The highest BCUT2D eigenvalue weighted by atomic mass is 31.2. The van der Waals surface area contributed by atoms with Gasteiger partial charge in [-0.25, -0.2) is 4.57 Å². The van der Waals surface area contributed by atoms with Crippen molar-refractivity contribution >= 4 is 13.8 Å². The molecular formula is C59H101O12P. The number of rotatable bonds is 47. The number of hydrogen-bond donors (Lipinski definition) is 6. The van der Waals surface area contributed by atoms with E-state index in [2.05, 4.69) is 111 Å². The molecule has 0 heterocycles. The monoisotopic (exact) mass is 1030 g/mol. The van der Waals surface area contributed by atoms with Crippen molar-refractivity contribution in [2.75, 3.05) is 19.8 Å². The molecule has 72 heavy (non-hydrogen) atoms. The average Bonchev–Trinajstić information content (AvgIpc) is 3.37. The second kappa shape index (κ2) is 47.9. The van der Waals surface area contributed by atoms with Crippen LogP contribution >= 0.6 is 7.82 Å².